The van der Waals surface area contributed by atoms with E-state index in [0.717, 1.165) is 12.8 Å². The highest BCUT2D eigenvalue weighted by Gasteiger charge is 2.25. The van der Waals surface area contributed by atoms with Crippen LogP contribution in [0, 0.1) is 11.3 Å². The molecule has 5 heteroatoms. The maximum absolute atomic E-state index is 12.0. The molecule has 1 saturated heterocycles. The summed E-state index contributed by atoms with van der Waals surface area (Å²) >= 11 is 0. The number of rotatable bonds is 2. The van der Waals surface area contributed by atoms with E-state index in [1.165, 1.54) is 6.42 Å². The Morgan fingerprint density at radius 2 is 1.85 bits per heavy atom. The Hall–Kier alpha value is -2.06. The van der Waals surface area contributed by atoms with Crippen LogP contribution in [0.15, 0.2) is 24.3 Å². The summed E-state index contributed by atoms with van der Waals surface area (Å²) in [4.78, 5) is 12.0. The normalized spacial score (nSPS) is 22.9. The number of hydrogen-bond acceptors (Lipinski definition) is 3. The third-order valence-corrected chi connectivity index (χ3v) is 3.70. The molecule has 20 heavy (non-hydrogen) atoms. The Labute approximate surface area is 119 Å². The second kappa shape index (κ2) is 6.40. The molecule has 1 heterocycles. The maximum atomic E-state index is 12.0. The number of amides is 2. The van der Waals surface area contributed by atoms with Crippen LogP contribution >= 0.6 is 0 Å². The van der Waals surface area contributed by atoms with E-state index in [1.807, 2.05) is 11.1 Å². The zero-order valence-corrected chi connectivity index (χ0v) is 11.9. The molecule has 106 valence electrons. The predicted octanol–water partition coefficient (Wildman–Crippen LogP) is 2.86. The van der Waals surface area contributed by atoms with Crippen molar-refractivity contribution in [2.75, 3.05) is 5.32 Å². The van der Waals surface area contributed by atoms with E-state index < -0.39 is 0 Å². The van der Waals surface area contributed by atoms with Gasteiger partial charge in [-0.1, -0.05) is 6.42 Å². The van der Waals surface area contributed by atoms with Gasteiger partial charge in [-0.05, 0) is 51.0 Å². The predicted molar refractivity (Wildman–Crippen MR) is 77.9 cm³/mol. The lowest BCUT2D eigenvalue weighted by atomic mass is 10.00. The number of nitriles is 1. The molecule has 5 nitrogen and oxygen atoms in total. The summed E-state index contributed by atoms with van der Waals surface area (Å²) in [5, 5.41) is 13.5. The number of nitrogens with one attached hydrogen (secondary N) is 2. The third-order valence-electron chi connectivity index (χ3n) is 3.70. The van der Waals surface area contributed by atoms with Crippen molar-refractivity contribution in [2.24, 2.45) is 0 Å². The van der Waals surface area contributed by atoms with Crippen molar-refractivity contribution in [3.63, 3.8) is 0 Å². The van der Waals surface area contributed by atoms with Crippen LogP contribution in [0.3, 0.4) is 0 Å². The van der Waals surface area contributed by atoms with Gasteiger partial charge in [0.15, 0.2) is 0 Å². The highest BCUT2D eigenvalue weighted by molar-refractivity contribution is 5.88. The van der Waals surface area contributed by atoms with Gasteiger partial charge in [0.25, 0.3) is 0 Å². The summed E-state index contributed by atoms with van der Waals surface area (Å²) in [5.41, 5.74) is 4.17. The lowest BCUT2D eigenvalue weighted by Crippen LogP contribution is -2.55. The lowest BCUT2D eigenvalue weighted by molar-refractivity contribution is 0.0625. The molecule has 1 aliphatic rings. The van der Waals surface area contributed by atoms with Crippen molar-refractivity contribution in [3.05, 3.63) is 29.8 Å². The van der Waals surface area contributed by atoms with Crippen LogP contribution in [0.2, 0.25) is 0 Å². The zero-order valence-electron chi connectivity index (χ0n) is 11.9. The largest absolute Gasteiger partial charge is 0.333 e. The summed E-state index contributed by atoms with van der Waals surface area (Å²) in [5.74, 6) is 0. The number of hydrazine groups is 1. The van der Waals surface area contributed by atoms with Crippen molar-refractivity contribution in [1.82, 2.24) is 10.4 Å². The highest BCUT2D eigenvalue weighted by Crippen LogP contribution is 2.20. The Morgan fingerprint density at radius 3 is 2.40 bits per heavy atom. The van der Waals surface area contributed by atoms with E-state index in [2.05, 4.69) is 24.6 Å². The van der Waals surface area contributed by atoms with E-state index in [1.54, 1.807) is 24.3 Å². The summed E-state index contributed by atoms with van der Waals surface area (Å²) in [6, 6.07) is 9.32. The molecule has 1 aliphatic heterocycles. The highest BCUT2D eigenvalue weighted by atomic mass is 16.2. The SMILES string of the molecule is C[C@H]1CCC[C@H](C)N1NC(=O)Nc1ccc(C#N)cc1. The number of piperidine rings is 1. The van der Waals surface area contributed by atoms with E-state index in [9.17, 15) is 4.79 Å². The molecule has 0 aromatic heterocycles. The van der Waals surface area contributed by atoms with Gasteiger partial charge in [-0.25, -0.2) is 9.80 Å². The van der Waals surface area contributed by atoms with Crippen LogP contribution in [-0.4, -0.2) is 23.1 Å². The summed E-state index contributed by atoms with van der Waals surface area (Å²) < 4.78 is 0. The molecular formula is C15H20N4O. The molecule has 0 unspecified atom stereocenters. The molecule has 1 aromatic rings. The van der Waals surface area contributed by atoms with Crippen LogP contribution in [0.1, 0.15) is 38.7 Å². The average Bonchev–Trinajstić information content (AvgIpc) is 2.44. The summed E-state index contributed by atoms with van der Waals surface area (Å²) in [6.45, 7) is 4.25. The van der Waals surface area contributed by atoms with Crippen molar-refractivity contribution >= 4 is 11.7 Å². The van der Waals surface area contributed by atoms with Gasteiger partial charge in [0, 0.05) is 17.8 Å². The average molecular weight is 272 g/mol. The second-order valence-electron chi connectivity index (χ2n) is 5.29. The van der Waals surface area contributed by atoms with Crippen molar-refractivity contribution in [2.45, 2.75) is 45.2 Å². The minimum atomic E-state index is -0.240. The van der Waals surface area contributed by atoms with Gasteiger partial charge in [0.2, 0.25) is 0 Å². The van der Waals surface area contributed by atoms with Gasteiger partial charge in [-0.3, -0.25) is 5.43 Å². The van der Waals surface area contributed by atoms with Crippen molar-refractivity contribution < 1.29 is 4.79 Å². The molecular weight excluding hydrogens is 252 g/mol. The summed E-state index contributed by atoms with van der Waals surface area (Å²) in [7, 11) is 0. The Bertz CT molecular complexity index is 496. The van der Waals surface area contributed by atoms with Crippen molar-refractivity contribution in [3.8, 4) is 6.07 Å². The minimum absolute atomic E-state index is 0.240. The molecule has 0 saturated carbocycles. The van der Waals surface area contributed by atoms with Crippen LogP contribution in [0.5, 0.6) is 0 Å². The first-order valence-corrected chi connectivity index (χ1v) is 6.96. The number of carbonyl (C=O) groups is 1. The number of carbonyl (C=O) groups excluding carboxylic acids is 1. The van der Waals surface area contributed by atoms with Crippen molar-refractivity contribution in [1.29, 1.82) is 5.26 Å². The fourth-order valence-electron chi connectivity index (χ4n) is 2.55. The number of urea groups is 1. The standard InChI is InChI=1S/C15H20N4O/c1-11-4-3-5-12(2)19(11)18-15(20)17-14-8-6-13(10-16)7-9-14/h6-9,11-12H,3-5H2,1-2H3,(H2,17,18,20)/t11-,12-/m0/s1. The van der Waals surface area contributed by atoms with E-state index in [-0.39, 0.29) is 6.03 Å². The molecule has 0 radical (unpaired) electrons. The van der Waals surface area contributed by atoms with Crippen LogP contribution < -0.4 is 10.7 Å². The Balaban J connectivity index is 1.92. The fourth-order valence-corrected chi connectivity index (χ4v) is 2.55. The second-order valence-corrected chi connectivity index (χ2v) is 5.29. The zero-order chi connectivity index (χ0) is 14.5. The van der Waals surface area contributed by atoms with E-state index >= 15 is 0 Å². The summed E-state index contributed by atoms with van der Waals surface area (Å²) in [6.07, 6.45) is 3.40. The number of benzene rings is 1. The number of anilines is 1. The number of hydrogen-bond donors (Lipinski definition) is 2. The monoisotopic (exact) mass is 272 g/mol. The first-order chi connectivity index (χ1) is 9.60. The fraction of sp³-hybridized carbons (Fsp3) is 0.467. The Kier molecular flexibility index (Phi) is 4.59. The maximum Gasteiger partial charge on any atom is 0.333 e. The van der Waals surface area contributed by atoms with Gasteiger partial charge >= 0.3 is 6.03 Å². The van der Waals surface area contributed by atoms with Gasteiger partial charge < -0.3 is 5.32 Å². The molecule has 2 rings (SSSR count). The molecule has 2 atom stereocenters. The molecule has 2 amide bonds. The van der Waals surface area contributed by atoms with Crippen LogP contribution in [0.4, 0.5) is 10.5 Å². The third kappa shape index (κ3) is 3.49. The molecule has 0 bridgehead atoms. The van der Waals surface area contributed by atoms with Gasteiger partial charge in [0.05, 0.1) is 11.6 Å². The first kappa shape index (κ1) is 14.4. The first-order valence-electron chi connectivity index (χ1n) is 6.96. The van der Waals surface area contributed by atoms with E-state index in [4.69, 9.17) is 5.26 Å². The van der Waals surface area contributed by atoms with E-state index in [0.29, 0.717) is 23.3 Å². The molecule has 1 aromatic carbocycles. The quantitative estimate of drug-likeness (QED) is 0.869. The molecule has 0 spiro atoms. The van der Waals surface area contributed by atoms with Gasteiger partial charge in [0.1, 0.15) is 0 Å². The molecule has 1 fully saturated rings. The van der Waals surface area contributed by atoms with Crippen LogP contribution in [0.25, 0.3) is 0 Å². The number of nitrogens with zero attached hydrogens (tertiary/aromatic N) is 2. The smallest absolute Gasteiger partial charge is 0.307 e. The lowest BCUT2D eigenvalue weighted by Gasteiger charge is -2.38. The Morgan fingerprint density at radius 1 is 1.25 bits per heavy atom. The topological polar surface area (TPSA) is 68.2 Å². The molecule has 2 N–H and O–H groups in total. The minimum Gasteiger partial charge on any atom is -0.307 e. The van der Waals surface area contributed by atoms with Gasteiger partial charge in [-0.2, -0.15) is 5.26 Å². The molecule has 0 aliphatic carbocycles. The van der Waals surface area contributed by atoms with Crippen LogP contribution in [-0.2, 0) is 0 Å². The van der Waals surface area contributed by atoms with Gasteiger partial charge in [-0.15, -0.1) is 0 Å².